The number of hydrogen-bond donors (Lipinski definition) is 1. The van der Waals surface area contributed by atoms with Gasteiger partial charge < -0.3 is 9.52 Å². The summed E-state index contributed by atoms with van der Waals surface area (Å²) in [5.74, 6) is 0.0967. The van der Waals surface area contributed by atoms with E-state index in [9.17, 15) is 18.0 Å². The predicted octanol–water partition coefficient (Wildman–Crippen LogP) is 4.29. The van der Waals surface area contributed by atoms with E-state index >= 15 is 0 Å². The van der Waals surface area contributed by atoms with Gasteiger partial charge in [-0.05, 0) is 37.1 Å². The number of alkyl halides is 3. The molecular weight excluding hydrogens is 285 g/mol. The molecule has 3 nitrogen and oxygen atoms in total. The molecule has 0 aliphatic carbocycles. The molecule has 1 N–H and O–H groups in total. The van der Waals surface area contributed by atoms with Crippen molar-refractivity contribution in [1.82, 2.24) is 0 Å². The molecule has 21 heavy (non-hydrogen) atoms. The Morgan fingerprint density at radius 3 is 2.38 bits per heavy atom. The number of carboxylic acids is 1. The van der Waals surface area contributed by atoms with E-state index in [2.05, 4.69) is 0 Å². The summed E-state index contributed by atoms with van der Waals surface area (Å²) in [6.45, 7) is 1.70. The fourth-order valence-electron chi connectivity index (χ4n) is 1.98. The minimum atomic E-state index is -4.37. The highest BCUT2D eigenvalue weighted by Crippen LogP contribution is 2.32. The van der Waals surface area contributed by atoms with Crippen LogP contribution in [0.4, 0.5) is 13.2 Å². The Kier molecular flexibility index (Phi) is 4.06. The Balaban J connectivity index is 2.22. The van der Waals surface area contributed by atoms with Crippen LogP contribution in [0.25, 0.3) is 11.3 Å². The molecule has 0 fully saturated rings. The first-order valence-electron chi connectivity index (χ1n) is 6.26. The number of halogens is 3. The predicted molar refractivity (Wildman–Crippen MR) is 69.8 cm³/mol. The first-order chi connectivity index (χ1) is 9.77. The Labute approximate surface area is 119 Å². The van der Waals surface area contributed by atoms with E-state index in [1.54, 1.807) is 13.0 Å². The lowest BCUT2D eigenvalue weighted by atomic mass is 10.1. The van der Waals surface area contributed by atoms with Crippen LogP contribution in [-0.2, 0) is 17.4 Å². The number of aryl methyl sites for hydroxylation is 2. The maximum atomic E-state index is 12.5. The van der Waals surface area contributed by atoms with Gasteiger partial charge in [0.05, 0.1) is 5.56 Å². The lowest BCUT2D eigenvalue weighted by Crippen LogP contribution is -2.03. The largest absolute Gasteiger partial charge is 0.481 e. The van der Waals surface area contributed by atoms with Crippen LogP contribution in [0, 0.1) is 6.92 Å². The summed E-state index contributed by atoms with van der Waals surface area (Å²) in [7, 11) is 0. The molecule has 2 aromatic rings. The van der Waals surface area contributed by atoms with Crippen LogP contribution in [0.2, 0.25) is 0 Å². The number of rotatable bonds is 4. The molecule has 0 amide bonds. The Morgan fingerprint density at radius 1 is 1.24 bits per heavy atom. The quantitative estimate of drug-likeness (QED) is 0.916. The molecule has 0 saturated carbocycles. The monoisotopic (exact) mass is 298 g/mol. The third kappa shape index (κ3) is 3.65. The zero-order valence-corrected chi connectivity index (χ0v) is 11.2. The van der Waals surface area contributed by atoms with Gasteiger partial charge >= 0.3 is 12.1 Å². The van der Waals surface area contributed by atoms with Crippen LogP contribution in [0.5, 0.6) is 0 Å². The summed E-state index contributed by atoms with van der Waals surface area (Å²) in [5, 5.41) is 8.66. The van der Waals surface area contributed by atoms with E-state index in [-0.39, 0.29) is 6.42 Å². The van der Waals surface area contributed by atoms with Gasteiger partial charge in [-0.1, -0.05) is 12.1 Å². The summed E-state index contributed by atoms with van der Waals surface area (Å²) in [6.07, 6.45) is -4.07. The van der Waals surface area contributed by atoms with E-state index in [1.807, 2.05) is 0 Å². The smallest absolute Gasteiger partial charge is 0.416 e. The Hall–Kier alpha value is -2.24. The molecular formula is C15H13F3O3. The molecule has 6 heteroatoms. The summed E-state index contributed by atoms with van der Waals surface area (Å²) < 4.78 is 42.9. The zero-order chi connectivity index (χ0) is 15.6. The van der Waals surface area contributed by atoms with Gasteiger partial charge in [0, 0.05) is 12.0 Å². The number of benzene rings is 1. The van der Waals surface area contributed by atoms with Crippen molar-refractivity contribution in [1.29, 1.82) is 0 Å². The summed E-state index contributed by atoms with van der Waals surface area (Å²) >= 11 is 0. The fraction of sp³-hybridized carbons (Fsp3) is 0.267. The van der Waals surface area contributed by atoms with Crippen LogP contribution < -0.4 is 0 Å². The average Bonchev–Trinajstić information content (AvgIpc) is 2.77. The van der Waals surface area contributed by atoms with Gasteiger partial charge in [0.25, 0.3) is 0 Å². The fourth-order valence-corrected chi connectivity index (χ4v) is 1.98. The molecule has 0 aliphatic heterocycles. The first-order valence-corrected chi connectivity index (χ1v) is 6.26. The molecule has 0 radical (unpaired) electrons. The molecule has 1 aromatic heterocycles. The maximum absolute atomic E-state index is 12.5. The molecule has 0 bridgehead atoms. The third-order valence-electron chi connectivity index (χ3n) is 3.13. The van der Waals surface area contributed by atoms with Crippen LogP contribution in [0.3, 0.4) is 0 Å². The summed E-state index contributed by atoms with van der Waals surface area (Å²) in [6, 6.07) is 6.32. The van der Waals surface area contributed by atoms with E-state index in [1.165, 1.54) is 12.1 Å². The Morgan fingerprint density at radius 2 is 1.86 bits per heavy atom. The van der Waals surface area contributed by atoms with Gasteiger partial charge in [0.1, 0.15) is 11.5 Å². The second kappa shape index (κ2) is 5.63. The second-order valence-electron chi connectivity index (χ2n) is 4.66. The summed E-state index contributed by atoms with van der Waals surface area (Å²) in [4.78, 5) is 10.6. The number of furan rings is 1. The molecule has 2 rings (SSSR count). The molecule has 0 aliphatic rings. The van der Waals surface area contributed by atoms with Crippen molar-refractivity contribution in [2.24, 2.45) is 0 Å². The van der Waals surface area contributed by atoms with Gasteiger partial charge in [0.2, 0.25) is 0 Å². The number of hydrogen-bond acceptors (Lipinski definition) is 2. The minimum Gasteiger partial charge on any atom is -0.481 e. The van der Waals surface area contributed by atoms with Crippen molar-refractivity contribution in [2.75, 3.05) is 0 Å². The van der Waals surface area contributed by atoms with Gasteiger partial charge in [-0.15, -0.1) is 0 Å². The van der Waals surface area contributed by atoms with E-state index in [0.717, 1.165) is 17.7 Å². The molecule has 0 atom stereocenters. The van der Waals surface area contributed by atoms with Gasteiger partial charge in [0.15, 0.2) is 0 Å². The van der Waals surface area contributed by atoms with Crippen molar-refractivity contribution in [3.05, 3.63) is 47.2 Å². The minimum absolute atomic E-state index is 0.0210. The van der Waals surface area contributed by atoms with Crippen molar-refractivity contribution < 1.29 is 27.5 Å². The highest BCUT2D eigenvalue weighted by molar-refractivity contribution is 5.67. The molecule has 0 saturated heterocycles. The highest BCUT2D eigenvalue weighted by Gasteiger charge is 2.30. The lowest BCUT2D eigenvalue weighted by Gasteiger charge is -2.06. The van der Waals surface area contributed by atoms with Crippen LogP contribution in [0.1, 0.15) is 23.3 Å². The van der Waals surface area contributed by atoms with Gasteiger partial charge in [-0.2, -0.15) is 13.2 Å². The van der Waals surface area contributed by atoms with Crippen LogP contribution in [-0.4, -0.2) is 11.1 Å². The van der Waals surface area contributed by atoms with Crippen molar-refractivity contribution in [2.45, 2.75) is 25.9 Å². The van der Waals surface area contributed by atoms with E-state index in [0.29, 0.717) is 23.5 Å². The number of aliphatic carboxylic acids is 1. The highest BCUT2D eigenvalue weighted by atomic mass is 19.4. The van der Waals surface area contributed by atoms with E-state index in [4.69, 9.17) is 9.52 Å². The molecule has 0 unspecified atom stereocenters. The lowest BCUT2D eigenvalue weighted by molar-refractivity contribution is -0.138. The van der Waals surface area contributed by atoms with Crippen molar-refractivity contribution in [3.8, 4) is 11.3 Å². The number of carbonyl (C=O) groups is 1. The van der Waals surface area contributed by atoms with Gasteiger partial charge in [-0.25, -0.2) is 0 Å². The van der Waals surface area contributed by atoms with E-state index < -0.39 is 17.7 Å². The molecule has 0 spiro atoms. The van der Waals surface area contributed by atoms with Crippen LogP contribution >= 0.6 is 0 Å². The molecule has 112 valence electrons. The standard InChI is InChI=1S/C15H13F3O3/c1-9-11(4-7-14(19)20)8-13(21-9)10-2-5-12(6-3-10)15(16,17)18/h2-3,5-6,8H,4,7H2,1H3,(H,19,20). The van der Waals surface area contributed by atoms with Crippen molar-refractivity contribution >= 4 is 5.97 Å². The number of carboxylic acid groups (broad SMARTS) is 1. The SMILES string of the molecule is Cc1oc(-c2ccc(C(F)(F)F)cc2)cc1CCC(=O)O. The zero-order valence-electron chi connectivity index (χ0n) is 11.2. The normalized spacial score (nSPS) is 11.6. The third-order valence-corrected chi connectivity index (χ3v) is 3.13. The van der Waals surface area contributed by atoms with Crippen molar-refractivity contribution in [3.63, 3.8) is 0 Å². The van der Waals surface area contributed by atoms with Gasteiger partial charge in [-0.3, -0.25) is 4.79 Å². The topological polar surface area (TPSA) is 50.4 Å². The average molecular weight is 298 g/mol. The first kappa shape index (κ1) is 15.2. The molecule has 1 heterocycles. The second-order valence-corrected chi connectivity index (χ2v) is 4.66. The summed E-state index contributed by atoms with van der Waals surface area (Å²) in [5.41, 5.74) is 0.542. The maximum Gasteiger partial charge on any atom is 0.416 e. The van der Waals surface area contributed by atoms with Crippen LogP contribution in [0.15, 0.2) is 34.7 Å². The molecule has 1 aromatic carbocycles. The Bertz CT molecular complexity index is 639.